The molecular formula is C16H21NOS. The lowest BCUT2D eigenvalue weighted by Crippen LogP contribution is -2.34. The molecule has 1 aromatic heterocycles. The number of hydrogen-bond donors (Lipinski definition) is 2. The quantitative estimate of drug-likeness (QED) is 0.877. The molecule has 3 heteroatoms. The average molecular weight is 275 g/mol. The van der Waals surface area contributed by atoms with Gasteiger partial charge in [-0.3, -0.25) is 0 Å². The van der Waals surface area contributed by atoms with E-state index in [9.17, 15) is 5.11 Å². The van der Waals surface area contributed by atoms with Crippen LogP contribution in [0.15, 0.2) is 35.7 Å². The van der Waals surface area contributed by atoms with Crippen LogP contribution < -0.4 is 5.32 Å². The number of benzene rings is 1. The molecule has 0 fully saturated rings. The van der Waals surface area contributed by atoms with Gasteiger partial charge in [0, 0.05) is 18.0 Å². The Hall–Kier alpha value is -1.16. The maximum atomic E-state index is 10.4. The first-order valence-electron chi connectivity index (χ1n) is 6.53. The molecule has 0 aliphatic heterocycles. The zero-order chi connectivity index (χ0) is 13.9. The molecule has 0 spiro atoms. The van der Waals surface area contributed by atoms with Gasteiger partial charge in [-0.15, -0.1) is 11.3 Å². The molecule has 0 aliphatic carbocycles. The standard InChI is InChI=1S/C16H21NOS/c1-12-6-4-7-14(13(12)2)10-17-11-16(3,18)15-8-5-9-19-15/h4-9,17-18H,10-11H2,1-3H3. The molecule has 2 aromatic rings. The molecule has 0 aliphatic rings. The maximum absolute atomic E-state index is 10.4. The summed E-state index contributed by atoms with van der Waals surface area (Å²) in [5.41, 5.74) is 3.13. The predicted molar refractivity (Wildman–Crippen MR) is 81.5 cm³/mol. The van der Waals surface area contributed by atoms with Gasteiger partial charge in [0.1, 0.15) is 5.60 Å². The Labute approximate surface area is 119 Å². The van der Waals surface area contributed by atoms with E-state index in [0.29, 0.717) is 6.54 Å². The van der Waals surface area contributed by atoms with Gasteiger partial charge in [-0.1, -0.05) is 24.3 Å². The van der Waals surface area contributed by atoms with E-state index in [1.807, 2.05) is 24.4 Å². The second-order valence-corrected chi connectivity index (χ2v) is 6.16. The molecule has 0 amide bonds. The van der Waals surface area contributed by atoms with E-state index in [0.717, 1.165) is 11.4 Å². The summed E-state index contributed by atoms with van der Waals surface area (Å²) in [5.74, 6) is 0. The van der Waals surface area contributed by atoms with Gasteiger partial charge in [0.15, 0.2) is 0 Å². The lowest BCUT2D eigenvalue weighted by molar-refractivity contribution is 0.0604. The smallest absolute Gasteiger partial charge is 0.108 e. The van der Waals surface area contributed by atoms with Gasteiger partial charge in [-0.05, 0) is 48.9 Å². The Bertz CT molecular complexity index is 532. The monoisotopic (exact) mass is 275 g/mol. The van der Waals surface area contributed by atoms with E-state index in [1.54, 1.807) is 11.3 Å². The van der Waals surface area contributed by atoms with Crippen LogP contribution in [-0.4, -0.2) is 11.7 Å². The highest BCUT2D eigenvalue weighted by Crippen LogP contribution is 2.24. The van der Waals surface area contributed by atoms with Crippen molar-refractivity contribution in [1.82, 2.24) is 5.32 Å². The third kappa shape index (κ3) is 3.44. The second kappa shape index (κ2) is 5.87. The van der Waals surface area contributed by atoms with Crippen LogP contribution in [0.5, 0.6) is 0 Å². The third-order valence-electron chi connectivity index (χ3n) is 3.55. The second-order valence-electron chi connectivity index (χ2n) is 5.21. The number of aryl methyl sites for hydroxylation is 1. The van der Waals surface area contributed by atoms with Crippen molar-refractivity contribution < 1.29 is 5.11 Å². The molecule has 19 heavy (non-hydrogen) atoms. The molecule has 2 rings (SSSR count). The number of hydrogen-bond acceptors (Lipinski definition) is 3. The van der Waals surface area contributed by atoms with E-state index >= 15 is 0 Å². The summed E-state index contributed by atoms with van der Waals surface area (Å²) in [7, 11) is 0. The first kappa shape index (κ1) is 14.3. The van der Waals surface area contributed by atoms with Crippen LogP contribution in [0.4, 0.5) is 0 Å². The Kier molecular flexibility index (Phi) is 4.40. The summed E-state index contributed by atoms with van der Waals surface area (Å²) in [5, 5.41) is 15.8. The van der Waals surface area contributed by atoms with Gasteiger partial charge >= 0.3 is 0 Å². The highest BCUT2D eigenvalue weighted by atomic mass is 32.1. The maximum Gasteiger partial charge on any atom is 0.108 e. The first-order chi connectivity index (χ1) is 9.00. The van der Waals surface area contributed by atoms with Gasteiger partial charge < -0.3 is 10.4 Å². The van der Waals surface area contributed by atoms with Gasteiger partial charge in [0.2, 0.25) is 0 Å². The van der Waals surface area contributed by atoms with Crippen LogP contribution in [0.2, 0.25) is 0 Å². The van der Waals surface area contributed by atoms with Crippen LogP contribution >= 0.6 is 11.3 Å². The lowest BCUT2D eigenvalue weighted by atomic mass is 10.0. The number of aliphatic hydroxyl groups is 1. The van der Waals surface area contributed by atoms with Crippen molar-refractivity contribution in [3.63, 3.8) is 0 Å². The summed E-state index contributed by atoms with van der Waals surface area (Å²) in [6.07, 6.45) is 0. The molecule has 1 heterocycles. The highest BCUT2D eigenvalue weighted by Gasteiger charge is 2.23. The van der Waals surface area contributed by atoms with Crippen molar-refractivity contribution in [1.29, 1.82) is 0 Å². The molecule has 102 valence electrons. The minimum atomic E-state index is -0.800. The van der Waals surface area contributed by atoms with Crippen molar-refractivity contribution in [3.05, 3.63) is 57.3 Å². The van der Waals surface area contributed by atoms with E-state index in [-0.39, 0.29) is 0 Å². The Morgan fingerprint density at radius 3 is 2.68 bits per heavy atom. The molecule has 1 aromatic carbocycles. The topological polar surface area (TPSA) is 32.3 Å². The number of thiophene rings is 1. The van der Waals surface area contributed by atoms with Crippen LogP contribution in [0.1, 0.15) is 28.5 Å². The summed E-state index contributed by atoms with van der Waals surface area (Å²) in [6.45, 7) is 7.47. The Balaban J connectivity index is 1.95. The number of nitrogens with one attached hydrogen (secondary N) is 1. The fourth-order valence-corrected chi connectivity index (χ4v) is 2.90. The fraction of sp³-hybridized carbons (Fsp3) is 0.375. The number of rotatable bonds is 5. The summed E-state index contributed by atoms with van der Waals surface area (Å²) < 4.78 is 0. The van der Waals surface area contributed by atoms with Crippen molar-refractivity contribution in [2.24, 2.45) is 0 Å². The van der Waals surface area contributed by atoms with Crippen LogP contribution in [0.3, 0.4) is 0 Å². The Morgan fingerprint density at radius 1 is 1.21 bits per heavy atom. The van der Waals surface area contributed by atoms with E-state index in [4.69, 9.17) is 0 Å². The molecule has 0 bridgehead atoms. The molecule has 0 radical (unpaired) electrons. The predicted octanol–water partition coefficient (Wildman–Crippen LogP) is 3.36. The van der Waals surface area contributed by atoms with Crippen LogP contribution in [0.25, 0.3) is 0 Å². The van der Waals surface area contributed by atoms with Crippen LogP contribution in [-0.2, 0) is 12.1 Å². The van der Waals surface area contributed by atoms with Gasteiger partial charge in [-0.2, -0.15) is 0 Å². The largest absolute Gasteiger partial charge is 0.383 e. The molecule has 0 saturated carbocycles. The fourth-order valence-electron chi connectivity index (χ4n) is 2.12. The third-order valence-corrected chi connectivity index (χ3v) is 4.68. The lowest BCUT2D eigenvalue weighted by Gasteiger charge is -2.22. The van der Waals surface area contributed by atoms with Gasteiger partial charge in [0.25, 0.3) is 0 Å². The minimum Gasteiger partial charge on any atom is -0.383 e. The van der Waals surface area contributed by atoms with E-state index < -0.39 is 5.60 Å². The normalized spacial score (nSPS) is 14.3. The summed E-state index contributed by atoms with van der Waals surface area (Å²) >= 11 is 1.59. The van der Waals surface area contributed by atoms with Crippen molar-refractivity contribution in [2.45, 2.75) is 32.9 Å². The molecule has 1 atom stereocenters. The van der Waals surface area contributed by atoms with Gasteiger partial charge in [0.05, 0.1) is 0 Å². The van der Waals surface area contributed by atoms with Crippen molar-refractivity contribution in [3.8, 4) is 0 Å². The molecule has 2 nitrogen and oxygen atoms in total. The summed E-state index contributed by atoms with van der Waals surface area (Å²) in [4.78, 5) is 1.00. The zero-order valence-electron chi connectivity index (χ0n) is 11.7. The average Bonchev–Trinajstić information content (AvgIpc) is 2.89. The first-order valence-corrected chi connectivity index (χ1v) is 7.41. The molecular weight excluding hydrogens is 254 g/mol. The summed E-state index contributed by atoms with van der Waals surface area (Å²) in [6, 6.07) is 10.3. The van der Waals surface area contributed by atoms with Gasteiger partial charge in [-0.25, -0.2) is 0 Å². The SMILES string of the molecule is Cc1cccc(CNCC(C)(O)c2cccs2)c1C. The Morgan fingerprint density at radius 2 is 2.00 bits per heavy atom. The molecule has 2 N–H and O–H groups in total. The van der Waals surface area contributed by atoms with E-state index in [2.05, 4.69) is 37.4 Å². The zero-order valence-corrected chi connectivity index (χ0v) is 12.6. The molecule has 1 unspecified atom stereocenters. The molecule has 0 saturated heterocycles. The van der Waals surface area contributed by atoms with Crippen molar-refractivity contribution in [2.75, 3.05) is 6.54 Å². The minimum absolute atomic E-state index is 0.556. The highest BCUT2D eigenvalue weighted by molar-refractivity contribution is 7.10. The van der Waals surface area contributed by atoms with Crippen molar-refractivity contribution >= 4 is 11.3 Å². The van der Waals surface area contributed by atoms with Crippen LogP contribution in [0, 0.1) is 13.8 Å². The van der Waals surface area contributed by atoms with E-state index in [1.165, 1.54) is 16.7 Å².